The molecular weight excluding hydrogens is 222 g/mol. The van der Waals surface area contributed by atoms with Gasteiger partial charge in [0.1, 0.15) is 0 Å². The highest BCUT2D eigenvalue weighted by Gasteiger charge is 2.49. The van der Waals surface area contributed by atoms with E-state index in [1.54, 1.807) is 0 Å². The van der Waals surface area contributed by atoms with Crippen LogP contribution >= 0.6 is 0 Å². The highest BCUT2D eigenvalue weighted by atomic mass is 16.1. The molecule has 1 rings (SSSR count). The largest absolute Gasteiger partial charge is 0.369 e. The number of amides is 1. The van der Waals surface area contributed by atoms with E-state index in [1.807, 2.05) is 0 Å². The number of rotatable bonds is 5. The monoisotopic (exact) mass is 253 g/mol. The lowest BCUT2D eigenvalue weighted by Crippen LogP contribution is -2.49. The summed E-state index contributed by atoms with van der Waals surface area (Å²) in [6, 6.07) is 0. The van der Waals surface area contributed by atoms with Crippen LogP contribution in [0.5, 0.6) is 0 Å². The third-order valence-corrected chi connectivity index (χ3v) is 5.10. The number of primary amides is 1. The smallest absolute Gasteiger partial charge is 0.221 e. The van der Waals surface area contributed by atoms with E-state index in [2.05, 4.69) is 27.7 Å². The van der Waals surface area contributed by atoms with Gasteiger partial charge in [-0.15, -0.1) is 0 Å². The van der Waals surface area contributed by atoms with Crippen LogP contribution < -0.4 is 5.73 Å². The van der Waals surface area contributed by atoms with Crippen LogP contribution in [0.4, 0.5) is 0 Å². The maximum absolute atomic E-state index is 12.0. The fraction of sp³-hybridized carbons (Fsp3) is 0.938. The van der Waals surface area contributed by atoms with Crippen LogP contribution in [0.1, 0.15) is 79.1 Å². The number of unbranched alkanes of at least 4 members (excludes halogenated alkanes) is 1. The molecule has 0 heterocycles. The van der Waals surface area contributed by atoms with E-state index in [0.717, 1.165) is 19.3 Å². The maximum atomic E-state index is 12.0. The molecule has 0 aliphatic heterocycles. The minimum absolute atomic E-state index is 0.0674. The van der Waals surface area contributed by atoms with Crippen molar-refractivity contribution in [1.82, 2.24) is 0 Å². The van der Waals surface area contributed by atoms with E-state index < -0.39 is 0 Å². The summed E-state index contributed by atoms with van der Waals surface area (Å²) >= 11 is 0. The van der Waals surface area contributed by atoms with Gasteiger partial charge in [-0.25, -0.2) is 0 Å². The molecular formula is C16H31NO. The Labute approximate surface area is 113 Å². The van der Waals surface area contributed by atoms with Gasteiger partial charge in [0.15, 0.2) is 0 Å². The zero-order valence-electron chi connectivity index (χ0n) is 12.7. The van der Waals surface area contributed by atoms with Gasteiger partial charge < -0.3 is 5.73 Å². The van der Waals surface area contributed by atoms with Crippen LogP contribution in [0, 0.1) is 16.7 Å². The summed E-state index contributed by atoms with van der Waals surface area (Å²) in [6.45, 7) is 9.06. The van der Waals surface area contributed by atoms with Gasteiger partial charge in [-0.1, -0.05) is 59.8 Å². The van der Waals surface area contributed by atoms with Crippen LogP contribution in [-0.2, 0) is 4.79 Å². The second-order valence-electron chi connectivity index (χ2n) is 7.06. The Morgan fingerprint density at radius 2 is 1.78 bits per heavy atom. The minimum atomic E-state index is -0.0692. The summed E-state index contributed by atoms with van der Waals surface area (Å²) in [5, 5.41) is 0. The first-order chi connectivity index (χ1) is 8.35. The molecule has 2 heteroatoms. The van der Waals surface area contributed by atoms with Crippen molar-refractivity contribution in [2.75, 3.05) is 0 Å². The quantitative estimate of drug-likeness (QED) is 0.781. The average Bonchev–Trinajstić information content (AvgIpc) is 2.29. The highest BCUT2D eigenvalue weighted by Crippen LogP contribution is 2.55. The summed E-state index contributed by atoms with van der Waals surface area (Å²) < 4.78 is 0. The van der Waals surface area contributed by atoms with Crippen molar-refractivity contribution in [2.24, 2.45) is 22.5 Å². The zero-order valence-corrected chi connectivity index (χ0v) is 12.7. The van der Waals surface area contributed by atoms with E-state index in [1.165, 1.54) is 32.1 Å². The molecule has 1 aliphatic carbocycles. The van der Waals surface area contributed by atoms with E-state index in [9.17, 15) is 4.79 Å². The lowest BCUT2D eigenvalue weighted by Gasteiger charge is -2.51. The summed E-state index contributed by atoms with van der Waals surface area (Å²) in [5.74, 6) is -0.00183. The molecule has 1 aliphatic rings. The first-order valence-corrected chi connectivity index (χ1v) is 7.64. The first kappa shape index (κ1) is 15.5. The third-order valence-electron chi connectivity index (χ3n) is 5.10. The Bertz CT molecular complexity index is 271. The van der Waals surface area contributed by atoms with Crippen LogP contribution in [0.25, 0.3) is 0 Å². The van der Waals surface area contributed by atoms with Gasteiger partial charge in [0.2, 0.25) is 5.91 Å². The molecule has 0 aromatic carbocycles. The van der Waals surface area contributed by atoms with Crippen molar-refractivity contribution in [3.05, 3.63) is 0 Å². The molecule has 0 saturated heterocycles. The minimum Gasteiger partial charge on any atom is -0.369 e. The van der Waals surface area contributed by atoms with Crippen LogP contribution in [0.2, 0.25) is 0 Å². The molecule has 18 heavy (non-hydrogen) atoms. The Morgan fingerprint density at radius 3 is 2.17 bits per heavy atom. The van der Waals surface area contributed by atoms with Crippen molar-refractivity contribution in [3.63, 3.8) is 0 Å². The average molecular weight is 253 g/mol. The molecule has 0 radical (unpaired) electrons. The first-order valence-electron chi connectivity index (χ1n) is 7.64. The van der Waals surface area contributed by atoms with Crippen LogP contribution in [-0.4, -0.2) is 5.91 Å². The van der Waals surface area contributed by atoms with Gasteiger partial charge in [0.05, 0.1) is 0 Å². The fourth-order valence-corrected chi connectivity index (χ4v) is 3.90. The molecule has 0 spiro atoms. The lowest BCUT2D eigenvalue weighted by molar-refractivity contribution is -0.133. The van der Waals surface area contributed by atoms with Crippen molar-refractivity contribution in [3.8, 4) is 0 Å². The Balaban J connectivity index is 3.01. The zero-order chi connectivity index (χ0) is 13.8. The molecule has 2 N–H and O–H groups in total. The van der Waals surface area contributed by atoms with Crippen molar-refractivity contribution in [2.45, 2.75) is 79.1 Å². The molecule has 1 unspecified atom stereocenters. The summed E-state index contributed by atoms with van der Waals surface area (Å²) in [5.41, 5.74) is 6.05. The molecule has 1 atom stereocenters. The van der Waals surface area contributed by atoms with E-state index in [0.29, 0.717) is 0 Å². The molecule has 2 nitrogen and oxygen atoms in total. The molecule has 0 aromatic rings. The maximum Gasteiger partial charge on any atom is 0.221 e. The number of hydrogen-bond donors (Lipinski definition) is 1. The Morgan fingerprint density at radius 1 is 1.22 bits per heavy atom. The number of nitrogens with two attached hydrogens (primary N) is 1. The summed E-state index contributed by atoms with van der Waals surface area (Å²) in [7, 11) is 0. The van der Waals surface area contributed by atoms with Gasteiger partial charge in [-0.05, 0) is 30.1 Å². The van der Waals surface area contributed by atoms with E-state index in [-0.39, 0.29) is 22.7 Å². The Hall–Kier alpha value is -0.530. The van der Waals surface area contributed by atoms with Gasteiger partial charge in [-0.3, -0.25) is 4.79 Å². The number of hydrogen-bond acceptors (Lipinski definition) is 1. The van der Waals surface area contributed by atoms with Gasteiger partial charge in [-0.2, -0.15) is 0 Å². The molecule has 1 fully saturated rings. The molecule has 1 saturated carbocycles. The predicted molar refractivity (Wildman–Crippen MR) is 77.2 cm³/mol. The topological polar surface area (TPSA) is 43.1 Å². The van der Waals surface area contributed by atoms with Crippen LogP contribution in [0.15, 0.2) is 0 Å². The van der Waals surface area contributed by atoms with E-state index >= 15 is 0 Å². The van der Waals surface area contributed by atoms with Gasteiger partial charge in [0, 0.05) is 5.92 Å². The molecule has 0 bridgehead atoms. The second-order valence-corrected chi connectivity index (χ2v) is 7.06. The third kappa shape index (κ3) is 3.07. The second kappa shape index (κ2) is 6.08. The summed E-state index contributed by atoms with van der Waals surface area (Å²) in [4.78, 5) is 12.0. The molecule has 106 valence electrons. The van der Waals surface area contributed by atoms with E-state index in [4.69, 9.17) is 5.73 Å². The van der Waals surface area contributed by atoms with Crippen molar-refractivity contribution >= 4 is 5.91 Å². The van der Waals surface area contributed by atoms with Crippen LogP contribution in [0.3, 0.4) is 0 Å². The summed E-state index contributed by atoms with van der Waals surface area (Å²) in [6.07, 6.45) is 9.41. The fourth-order valence-electron chi connectivity index (χ4n) is 3.90. The number of carbonyl (C=O) groups is 1. The van der Waals surface area contributed by atoms with Crippen molar-refractivity contribution < 1.29 is 4.79 Å². The normalized spacial score (nSPS) is 21.6. The Kier molecular flexibility index (Phi) is 5.24. The van der Waals surface area contributed by atoms with Gasteiger partial charge in [0.25, 0.3) is 0 Å². The lowest BCUT2D eigenvalue weighted by atomic mass is 9.52. The van der Waals surface area contributed by atoms with Gasteiger partial charge >= 0.3 is 0 Å². The SMILES string of the molecule is CCCCC(C(N)=O)C1(C(C)(C)C)CCCCC1. The highest BCUT2D eigenvalue weighted by molar-refractivity contribution is 5.77. The number of carbonyl (C=O) groups excluding carboxylic acids is 1. The molecule has 0 aromatic heterocycles. The predicted octanol–water partition coefficient (Wildman–Crippen LogP) is 4.27. The molecule has 1 amide bonds. The van der Waals surface area contributed by atoms with Crippen molar-refractivity contribution in [1.29, 1.82) is 0 Å². The standard InChI is InChI=1S/C16H31NO/c1-5-6-10-13(14(17)18)16(15(2,3)4)11-8-7-9-12-16/h13H,5-12H2,1-4H3,(H2,17,18).